The highest BCUT2D eigenvalue weighted by molar-refractivity contribution is 5.22. The molecule has 3 nitrogen and oxygen atoms in total. The van der Waals surface area contributed by atoms with Crippen molar-refractivity contribution in [2.24, 2.45) is 0 Å². The second kappa shape index (κ2) is 5.13. The zero-order chi connectivity index (χ0) is 13.2. The number of aromatic nitrogens is 2. The molecule has 1 saturated heterocycles. The van der Waals surface area contributed by atoms with Gasteiger partial charge in [0.05, 0.1) is 5.69 Å². The number of hydrogen-bond donors (Lipinski definition) is 0. The first-order valence-corrected chi connectivity index (χ1v) is 6.78. The normalized spacial score (nSPS) is 19.4. The first-order valence-electron chi connectivity index (χ1n) is 6.78. The standard InChI is InChI=1S/C15H18FN3/c1-2-19-10-7-14(17-19)11-18-9-8-15(18)12-3-5-13(16)6-4-12/h3-7,10,15H,2,8-9,11H2,1H3. The Labute approximate surface area is 112 Å². The second-order valence-corrected chi connectivity index (χ2v) is 4.99. The molecular formula is C15H18FN3. The molecule has 0 saturated carbocycles. The van der Waals surface area contributed by atoms with E-state index in [-0.39, 0.29) is 5.82 Å². The van der Waals surface area contributed by atoms with Crippen molar-refractivity contribution in [1.82, 2.24) is 14.7 Å². The summed E-state index contributed by atoms with van der Waals surface area (Å²) in [6.07, 6.45) is 3.15. The molecule has 1 aromatic heterocycles. The summed E-state index contributed by atoms with van der Waals surface area (Å²) in [4.78, 5) is 2.38. The average Bonchev–Trinajstić information content (AvgIpc) is 2.85. The van der Waals surface area contributed by atoms with Crippen LogP contribution in [0.1, 0.15) is 30.6 Å². The van der Waals surface area contributed by atoms with Gasteiger partial charge >= 0.3 is 0 Å². The van der Waals surface area contributed by atoms with Gasteiger partial charge in [-0.05, 0) is 37.1 Å². The zero-order valence-corrected chi connectivity index (χ0v) is 11.1. The predicted molar refractivity (Wildman–Crippen MR) is 72.1 cm³/mol. The molecule has 0 aliphatic carbocycles. The Morgan fingerprint density at radius 3 is 2.63 bits per heavy atom. The van der Waals surface area contributed by atoms with Gasteiger partial charge in [0.25, 0.3) is 0 Å². The van der Waals surface area contributed by atoms with Gasteiger partial charge in [0.15, 0.2) is 0 Å². The van der Waals surface area contributed by atoms with E-state index in [0.29, 0.717) is 6.04 Å². The molecule has 1 aliphatic heterocycles. The lowest BCUT2D eigenvalue weighted by molar-refractivity contribution is 0.0801. The molecule has 3 rings (SSSR count). The maximum absolute atomic E-state index is 12.9. The maximum Gasteiger partial charge on any atom is 0.123 e. The van der Waals surface area contributed by atoms with Crippen LogP contribution in [0, 0.1) is 5.82 Å². The lowest BCUT2D eigenvalue weighted by atomic mass is 9.94. The van der Waals surface area contributed by atoms with Crippen LogP contribution in [-0.2, 0) is 13.1 Å². The molecule has 100 valence electrons. The lowest BCUT2D eigenvalue weighted by Crippen LogP contribution is -2.40. The Hall–Kier alpha value is -1.68. The summed E-state index contributed by atoms with van der Waals surface area (Å²) in [5.74, 6) is -0.170. The molecule has 0 amide bonds. The van der Waals surface area contributed by atoms with E-state index in [1.54, 1.807) is 0 Å². The largest absolute Gasteiger partial charge is 0.290 e. The van der Waals surface area contributed by atoms with Gasteiger partial charge in [-0.15, -0.1) is 0 Å². The minimum atomic E-state index is -0.170. The van der Waals surface area contributed by atoms with Crippen LogP contribution in [0.15, 0.2) is 36.5 Å². The Bertz CT molecular complexity index is 547. The summed E-state index contributed by atoms with van der Waals surface area (Å²) in [5, 5.41) is 4.51. The fraction of sp³-hybridized carbons (Fsp3) is 0.400. The molecule has 4 heteroatoms. The van der Waals surface area contributed by atoms with E-state index in [1.165, 1.54) is 17.7 Å². The molecule has 2 heterocycles. The van der Waals surface area contributed by atoms with Crippen LogP contribution >= 0.6 is 0 Å². The number of benzene rings is 1. The number of hydrogen-bond acceptors (Lipinski definition) is 2. The van der Waals surface area contributed by atoms with Gasteiger partial charge in [0.2, 0.25) is 0 Å². The lowest BCUT2D eigenvalue weighted by Gasteiger charge is -2.41. The van der Waals surface area contributed by atoms with E-state index in [4.69, 9.17) is 0 Å². The van der Waals surface area contributed by atoms with Gasteiger partial charge in [-0.25, -0.2) is 4.39 Å². The van der Waals surface area contributed by atoms with Crippen LogP contribution in [-0.4, -0.2) is 21.2 Å². The summed E-state index contributed by atoms with van der Waals surface area (Å²) in [5.41, 5.74) is 2.30. The molecular weight excluding hydrogens is 241 g/mol. The van der Waals surface area contributed by atoms with Gasteiger partial charge in [-0.3, -0.25) is 9.58 Å². The van der Waals surface area contributed by atoms with E-state index >= 15 is 0 Å². The van der Waals surface area contributed by atoms with Crippen molar-refractivity contribution in [3.63, 3.8) is 0 Å². The van der Waals surface area contributed by atoms with E-state index < -0.39 is 0 Å². The van der Waals surface area contributed by atoms with Crippen LogP contribution in [0.2, 0.25) is 0 Å². The Balaban J connectivity index is 1.67. The summed E-state index contributed by atoms with van der Waals surface area (Å²) >= 11 is 0. The average molecular weight is 259 g/mol. The van der Waals surface area contributed by atoms with E-state index in [2.05, 4.69) is 23.0 Å². The molecule has 1 atom stereocenters. The van der Waals surface area contributed by atoms with Crippen molar-refractivity contribution >= 4 is 0 Å². The topological polar surface area (TPSA) is 21.1 Å². The third-order valence-corrected chi connectivity index (χ3v) is 3.77. The van der Waals surface area contributed by atoms with Crippen molar-refractivity contribution in [3.05, 3.63) is 53.6 Å². The van der Waals surface area contributed by atoms with E-state index in [0.717, 1.165) is 31.7 Å². The first-order chi connectivity index (χ1) is 9.26. The predicted octanol–water partition coefficient (Wildman–Crippen LogP) is 2.99. The smallest absolute Gasteiger partial charge is 0.123 e. The van der Waals surface area contributed by atoms with Gasteiger partial charge < -0.3 is 0 Å². The first kappa shape index (κ1) is 12.4. The van der Waals surface area contributed by atoms with Crippen LogP contribution in [0.5, 0.6) is 0 Å². The fourth-order valence-corrected chi connectivity index (χ4v) is 2.56. The number of aryl methyl sites for hydroxylation is 1. The maximum atomic E-state index is 12.9. The Kier molecular flexibility index (Phi) is 3.34. The molecule has 1 fully saturated rings. The number of rotatable bonds is 4. The zero-order valence-electron chi connectivity index (χ0n) is 11.1. The molecule has 1 aromatic carbocycles. The molecule has 1 aliphatic rings. The van der Waals surface area contributed by atoms with Gasteiger partial charge in [-0.2, -0.15) is 5.10 Å². The van der Waals surface area contributed by atoms with Crippen molar-refractivity contribution in [2.75, 3.05) is 6.54 Å². The van der Waals surface area contributed by atoms with Crippen molar-refractivity contribution in [2.45, 2.75) is 32.5 Å². The molecule has 0 spiro atoms. The number of likely N-dealkylation sites (tertiary alicyclic amines) is 1. The van der Waals surface area contributed by atoms with Crippen LogP contribution < -0.4 is 0 Å². The van der Waals surface area contributed by atoms with Crippen molar-refractivity contribution in [3.8, 4) is 0 Å². The third kappa shape index (κ3) is 2.54. The quantitative estimate of drug-likeness (QED) is 0.841. The third-order valence-electron chi connectivity index (χ3n) is 3.77. The van der Waals surface area contributed by atoms with Gasteiger partial charge in [-0.1, -0.05) is 12.1 Å². The molecule has 19 heavy (non-hydrogen) atoms. The summed E-state index contributed by atoms with van der Waals surface area (Å²) < 4.78 is 14.9. The monoisotopic (exact) mass is 259 g/mol. The minimum Gasteiger partial charge on any atom is -0.290 e. The summed E-state index contributed by atoms with van der Waals surface area (Å²) in [7, 11) is 0. The Morgan fingerprint density at radius 1 is 1.26 bits per heavy atom. The fourth-order valence-electron chi connectivity index (χ4n) is 2.56. The SMILES string of the molecule is CCn1ccc(CN2CCC2c2ccc(F)cc2)n1. The highest BCUT2D eigenvalue weighted by Gasteiger charge is 2.29. The highest BCUT2D eigenvalue weighted by Crippen LogP contribution is 2.34. The Morgan fingerprint density at radius 2 is 2.05 bits per heavy atom. The van der Waals surface area contributed by atoms with Crippen LogP contribution in [0.25, 0.3) is 0 Å². The van der Waals surface area contributed by atoms with E-state index in [1.807, 2.05) is 23.0 Å². The molecule has 0 bridgehead atoms. The minimum absolute atomic E-state index is 0.170. The highest BCUT2D eigenvalue weighted by atomic mass is 19.1. The second-order valence-electron chi connectivity index (χ2n) is 4.99. The molecule has 1 unspecified atom stereocenters. The van der Waals surface area contributed by atoms with Crippen molar-refractivity contribution in [1.29, 1.82) is 0 Å². The van der Waals surface area contributed by atoms with Crippen molar-refractivity contribution < 1.29 is 4.39 Å². The van der Waals surface area contributed by atoms with Gasteiger partial charge in [0, 0.05) is 31.9 Å². The molecule has 2 aromatic rings. The number of nitrogens with zero attached hydrogens (tertiary/aromatic N) is 3. The van der Waals surface area contributed by atoms with Crippen LogP contribution in [0.4, 0.5) is 4.39 Å². The summed E-state index contributed by atoms with van der Waals surface area (Å²) in [6.45, 7) is 4.94. The molecule has 0 radical (unpaired) electrons. The molecule has 0 N–H and O–H groups in total. The number of halogens is 1. The van der Waals surface area contributed by atoms with Crippen LogP contribution in [0.3, 0.4) is 0 Å². The van der Waals surface area contributed by atoms with Gasteiger partial charge in [0.1, 0.15) is 5.82 Å². The van der Waals surface area contributed by atoms with E-state index in [9.17, 15) is 4.39 Å². The summed E-state index contributed by atoms with van der Waals surface area (Å²) in [6, 6.07) is 9.33.